The van der Waals surface area contributed by atoms with Crippen LogP contribution in [0.2, 0.25) is 0 Å². The second-order valence-corrected chi connectivity index (χ2v) is 5.97. The number of hydrogen-bond donors (Lipinski definition) is 2. The van der Waals surface area contributed by atoms with Crippen molar-refractivity contribution in [3.05, 3.63) is 0 Å². The molecule has 2 N–H and O–H groups in total. The van der Waals surface area contributed by atoms with Crippen LogP contribution in [0.1, 0.15) is 32.1 Å². The second-order valence-electron chi connectivity index (χ2n) is 5.97. The Morgan fingerprint density at radius 3 is 2.42 bits per heavy atom. The zero-order valence-electron chi connectivity index (χ0n) is 14.4. The van der Waals surface area contributed by atoms with Gasteiger partial charge in [0.1, 0.15) is 6.61 Å². The van der Waals surface area contributed by atoms with Gasteiger partial charge in [0, 0.05) is 40.5 Å². The van der Waals surface area contributed by atoms with Gasteiger partial charge in [0.2, 0.25) is 0 Å². The lowest BCUT2D eigenvalue weighted by atomic mass is 9.67. The van der Waals surface area contributed by atoms with E-state index in [4.69, 9.17) is 4.74 Å². The third-order valence-electron chi connectivity index (χ3n) is 4.13. The van der Waals surface area contributed by atoms with Gasteiger partial charge >= 0.3 is 6.18 Å². The number of hydrogen-bond acceptors (Lipinski definition) is 3. The predicted molar refractivity (Wildman–Crippen MR) is 99.0 cm³/mol. The van der Waals surface area contributed by atoms with Crippen LogP contribution >= 0.6 is 24.0 Å². The van der Waals surface area contributed by atoms with Crippen molar-refractivity contribution in [2.24, 2.45) is 10.4 Å². The number of aliphatic imine (C=N–C) groups is 1. The van der Waals surface area contributed by atoms with Gasteiger partial charge < -0.3 is 20.1 Å². The molecule has 5 nitrogen and oxygen atoms in total. The summed E-state index contributed by atoms with van der Waals surface area (Å²) in [6, 6.07) is 0. The third kappa shape index (κ3) is 9.87. The van der Waals surface area contributed by atoms with E-state index in [9.17, 15) is 13.2 Å². The highest BCUT2D eigenvalue weighted by Crippen LogP contribution is 2.43. The van der Waals surface area contributed by atoms with E-state index in [0.29, 0.717) is 18.9 Å². The molecule has 0 atom stereocenters. The van der Waals surface area contributed by atoms with Gasteiger partial charge in [0.05, 0.1) is 0 Å². The molecule has 1 saturated carbocycles. The maximum Gasteiger partial charge on any atom is 0.411 e. The van der Waals surface area contributed by atoms with E-state index in [1.165, 1.54) is 19.3 Å². The van der Waals surface area contributed by atoms with Crippen LogP contribution in [0.4, 0.5) is 13.2 Å². The topological polar surface area (TPSA) is 54.9 Å². The van der Waals surface area contributed by atoms with Gasteiger partial charge in [-0.3, -0.25) is 4.99 Å². The first-order valence-corrected chi connectivity index (χ1v) is 7.99. The lowest BCUT2D eigenvalue weighted by Crippen LogP contribution is -2.47. The molecule has 0 radical (unpaired) electrons. The van der Waals surface area contributed by atoms with Crippen LogP contribution in [0.15, 0.2) is 4.99 Å². The Hall–Kier alpha value is -0.290. The largest absolute Gasteiger partial charge is 0.411 e. The summed E-state index contributed by atoms with van der Waals surface area (Å²) in [4.78, 5) is 4.13. The Kier molecular flexibility index (Phi) is 12.0. The quantitative estimate of drug-likeness (QED) is 0.225. The molecule has 1 aliphatic rings. The maximum absolute atomic E-state index is 11.9. The average Bonchev–Trinajstić information content (AvgIpc) is 2.45. The van der Waals surface area contributed by atoms with Crippen LogP contribution in [0.25, 0.3) is 0 Å². The summed E-state index contributed by atoms with van der Waals surface area (Å²) in [5.74, 6) is 0.671. The van der Waals surface area contributed by atoms with Crippen LogP contribution in [0.5, 0.6) is 0 Å². The van der Waals surface area contributed by atoms with Crippen LogP contribution in [-0.2, 0) is 9.47 Å². The van der Waals surface area contributed by atoms with Crippen molar-refractivity contribution in [2.75, 3.05) is 47.1 Å². The Labute approximate surface area is 159 Å². The summed E-state index contributed by atoms with van der Waals surface area (Å²) >= 11 is 0. The van der Waals surface area contributed by atoms with Crippen molar-refractivity contribution < 1.29 is 22.6 Å². The Bertz CT molecular complexity index is 364. The summed E-state index contributed by atoms with van der Waals surface area (Å²) < 4.78 is 45.5. The lowest BCUT2D eigenvalue weighted by Gasteiger charge is -2.42. The Morgan fingerprint density at radius 2 is 1.92 bits per heavy atom. The first kappa shape index (κ1) is 23.7. The number of nitrogens with zero attached hydrogens (tertiary/aromatic N) is 1. The number of ether oxygens (including phenoxy) is 2. The molecule has 0 aromatic heterocycles. The monoisotopic (exact) mass is 467 g/mol. The van der Waals surface area contributed by atoms with Crippen molar-refractivity contribution in [1.29, 1.82) is 0 Å². The van der Waals surface area contributed by atoms with Crippen molar-refractivity contribution in [3.63, 3.8) is 0 Å². The molecule has 0 aromatic rings. The summed E-state index contributed by atoms with van der Waals surface area (Å²) in [6.45, 7) is 0.983. The molecule has 24 heavy (non-hydrogen) atoms. The maximum atomic E-state index is 11.9. The SMILES string of the molecule is CN=C(NCCCOCC(F)(F)F)NCC1(CCOC)CCC1.I. The summed E-state index contributed by atoms with van der Waals surface area (Å²) in [7, 11) is 3.39. The fourth-order valence-corrected chi connectivity index (χ4v) is 2.57. The van der Waals surface area contributed by atoms with E-state index in [1.54, 1.807) is 14.2 Å². The molecule has 1 fully saturated rings. The van der Waals surface area contributed by atoms with Crippen LogP contribution < -0.4 is 10.6 Å². The molecule has 0 saturated heterocycles. The standard InChI is InChI=1S/C15H28F3N3O2.HI/c1-19-13(20-8-4-9-23-12-15(16,17)18)21-11-14(5-3-6-14)7-10-22-2;/h3-12H2,1-2H3,(H2,19,20,21);1H. The van der Waals surface area contributed by atoms with Gasteiger partial charge in [0.15, 0.2) is 5.96 Å². The normalized spacial score (nSPS) is 17.0. The second kappa shape index (κ2) is 12.1. The third-order valence-corrected chi connectivity index (χ3v) is 4.13. The van der Waals surface area contributed by atoms with Gasteiger partial charge in [-0.05, 0) is 31.1 Å². The molecule has 0 bridgehead atoms. The molecule has 0 aromatic carbocycles. The first-order valence-electron chi connectivity index (χ1n) is 7.99. The Morgan fingerprint density at radius 1 is 1.21 bits per heavy atom. The van der Waals surface area contributed by atoms with Crippen LogP contribution in [0, 0.1) is 5.41 Å². The highest BCUT2D eigenvalue weighted by Gasteiger charge is 2.36. The minimum atomic E-state index is -4.26. The van der Waals surface area contributed by atoms with E-state index in [-0.39, 0.29) is 36.0 Å². The first-order chi connectivity index (χ1) is 10.9. The van der Waals surface area contributed by atoms with E-state index in [1.807, 2.05) is 0 Å². The van der Waals surface area contributed by atoms with Crippen LogP contribution in [0.3, 0.4) is 0 Å². The molecule has 9 heteroatoms. The van der Waals surface area contributed by atoms with E-state index < -0.39 is 12.8 Å². The molecule has 0 unspecified atom stereocenters. The minimum Gasteiger partial charge on any atom is -0.385 e. The van der Waals surface area contributed by atoms with Crippen molar-refractivity contribution >= 4 is 29.9 Å². The van der Waals surface area contributed by atoms with Crippen molar-refractivity contribution in [3.8, 4) is 0 Å². The fraction of sp³-hybridized carbons (Fsp3) is 0.933. The summed E-state index contributed by atoms with van der Waals surface area (Å²) in [5, 5.41) is 6.39. The highest BCUT2D eigenvalue weighted by molar-refractivity contribution is 14.0. The number of halogens is 4. The summed E-state index contributed by atoms with van der Waals surface area (Å²) in [6.07, 6.45) is 0.875. The molecule has 144 valence electrons. The van der Waals surface area contributed by atoms with E-state index >= 15 is 0 Å². The number of rotatable bonds is 10. The van der Waals surface area contributed by atoms with Gasteiger partial charge in [-0.15, -0.1) is 24.0 Å². The number of methoxy groups -OCH3 is 1. The van der Waals surface area contributed by atoms with Gasteiger partial charge in [-0.25, -0.2) is 0 Å². The summed E-state index contributed by atoms with van der Waals surface area (Å²) in [5.41, 5.74) is 0.281. The average molecular weight is 467 g/mol. The molecule has 0 heterocycles. The number of guanidine groups is 1. The molecule has 1 aliphatic carbocycles. The molecule has 1 rings (SSSR count). The molecular weight excluding hydrogens is 438 g/mol. The number of nitrogens with one attached hydrogen (secondary N) is 2. The minimum absolute atomic E-state index is 0. The molecule has 0 amide bonds. The van der Waals surface area contributed by atoms with Gasteiger partial charge in [0.25, 0.3) is 0 Å². The van der Waals surface area contributed by atoms with Crippen molar-refractivity contribution in [1.82, 2.24) is 10.6 Å². The van der Waals surface area contributed by atoms with Gasteiger partial charge in [-0.2, -0.15) is 13.2 Å². The van der Waals surface area contributed by atoms with E-state index in [0.717, 1.165) is 19.6 Å². The predicted octanol–water partition coefficient (Wildman–Crippen LogP) is 2.95. The smallest absolute Gasteiger partial charge is 0.385 e. The van der Waals surface area contributed by atoms with E-state index in [2.05, 4.69) is 20.4 Å². The molecular formula is C15H29F3IN3O2. The zero-order chi connectivity index (χ0) is 17.2. The zero-order valence-corrected chi connectivity index (χ0v) is 16.7. The Balaban J connectivity index is 0.00000529. The van der Waals surface area contributed by atoms with Gasteiger partial charge in [-0.1, -0.05) is 6.42 Å². The molecule has 0 spiro atoms. The number of alkyl halides is 3. The highest BCUT2D eigenvalue weighted by atomic mass is 127. The fourth-order valence-electron chi connectivity index (χ4n) is 2.57. The van der Waals surface area contributed by atoms with Crippen molar-refractivity contribution in [2.45, 2.75) is 38.3 Å². The molecule has 0 aliphatic heterocycles. The van der Waals surface area contributed by atoms with Crippen LogP contribution in [-0.4, -0.2) is 59.2 Å². The lowest BCUT2D eigenvalue weighted by molar-refractivity contribution is -0.173.